The molecule has 0 saturated carbocycles. The molecule has 0 bridgehead atoms. The highest BCUT2D eigenvalue weighted by molar-refractivity contribution is 9.09. The van der Waals surface area contributed by atoms with E-state index < -0.39 is 0 Å². The van der Waals surface area contributed by atoms with Gasteiger partial charge in [-0.3, -0.25) is 9.59 Å². The Kier molecular flexibility index (Phi) is 7.01. The molecule has 0 spiro atoms. The second-order valence-electron chi connectivity index (χ2n) is 5.32. The summed E-state index contributed by atoms with van der Waals surface area (Å²) in [6.07, 6.45) is 0.209. The number of carbonyl (C=O) groups is 2. The third kappa shape index (κ3) is 5.06. The van der Waals surface area contributed by atoms with E-state index in [0.29, 0.717) is 28.3 Å². The maximum atomic E-state index is 12.3. The molecule has 1 heterocycles. The van der Waals surface area contributed by atoms with Crippen molar-refractivity contribution in [2.24, 2.45) is 0 Å². The van der Waals surface area contributed by atoms with Gasteiger partial charge in [0.05, 0.1) is 25.5 Å². The van der Waals surface area contributed by atoms with Crippen molar-refractivity contribution in [3.8, 4) is 11.5 Å². The van der Waals surface area contributed by atoms with Crippen molar-refractivity contribution in [1.29, 1.82) is 0 Å². The Bertz CT molecular complexity index is 796. The number of alkyl halides is 1. The number of ketones is 1. The highest BCUT2D eigenvalue weighted by atomic mass is 79.9. The highest BCUT2D eigenvalue weighted by Crippen LogP contribution is 2.37. The average Bonchev–Trinajstić information content (AvgIpc) is 3.05. The number of ether oxygens (including phenoxy) is 3. The van der Waals surface area contributed by atoms with Crippen LogP contribution in [0.5, 0.6) is 11.5 Å². The maximum Gasteiger partial charge on any atom is 0.305 e. The molecule has 5 nitrogen and oxygen atoms in total. The molecule has 2 aromatic rings. The van der Waals surface area contributed by atoms with Crippen molar-refractivity contribution in [3.63, 3.8) is 0 Å². The first kappa shape index (κ1) is 19.5. The van der Waals surface area contributed by atoms with Gasteiger partial charge in [-0.2, -0.15) is 0 Å². The Hall–Kier alpha value is -1.86. The maximum absolute atomic E-state index is 12.3. The van der Waals surface area contributed by atoms with Crippen molar-refractivity contribution < 1.29 is 23.8 Å². The second kappa shape index (κ2) is 9.01. The molecule has 0 aliphatic carbocycles. The van der Waals surface area contributed by atoms with Crippen LogP contribution < -0.4 is 9.47 Å². The van der Waals surface area contributed by atoms with Crippen molar-refractivity contribution in [2.75, 3.05) is 26.2 Å². The summed E-state index contributed by atoms with van der Waals surface area (Å²) in [6, 6.07) is 5.51. The number of thiophene rings is 1. The number of carbonyl (C=O) groups excluding carboxylic acids is 2. The van der Waals surface area contributed by atoms with Gasteiger partial charge < -0.3 is 14.2 Å². The lowest BCUT2D eigenvalue weighted by Crippen LogP contribution is -2.04. The summed E-state index contributed by atoms with van der Waals surface area (Å²) >= 11 is 4.70. The van der Waals surface area contributed by atoms with Crippen LogP contribution in [0.1, 0.15) is 22.5 Å². The number of halogens is 1. The molecule has 25 heavy (non-hydrogen) atoms. The molecular weight excluding hydrogens is 408 g/mol. The highest BCUT2D eigenvalue weighted by Gasteiger charge is 2.15. The summed E-state index contributed by atoms with van der Waals surface area (Å²) in [6.45, 7) is 4.26. The van der Waals surface area contributed by atoms with Crippen LogP contribution in [-0.4, -0.2) is 37.9 Å². The number of hydrogen-bond acceptors (Lipinski definition) is 6. The van der Waals surface area contributed by atoms with Crippen LogP contribution in [0.15, 0.2) is 30.4 Å². The van der Waals surface area contributed by atoms with Crippen LogP contribution in [0.3, 0.4) is 0 Å². The fourth-order valence-corrected chi connectivity index (χ4v) is 3.32. The molecule has 0 saturated heterocycles. The second-order valence-corrected chi connectivity index (χ2v) is 6.97. The minimum atomic E-state index is -0.390. The molecule has 0 unspecified atom stereocenters. The Morgan fingerprint density at radius 1 is 1.16 bits per heavy atom. The molecule has 1 aromatic carbocycles. The van der Waals surface area contributed by atoms with Gasteiger partial charge in [-0.1, -0.05) is 22.5 Å². The monoisotopic (exact) mass is 426 g/mol. The van der Waals surface area contributed by atoms with Gasteiger partial charge in [-0.05, 0) is 23.1 Å². The molecule has 0 fully saturated rings. The number of benzene rings is 1. The van der Waals surface area contributed by atoms with E-state index in [2.05, 4.69) is 27.2 Å². The van der Waals surface area contributed by atoms with Gasteiger partial charge in [-0.25, -0.2) is 0 Å². The zero-order valence-electron chi connectivity index (χ0n) is 14.1. The smallest absolute Gasteiger partial charge is 0.305 e. The minimum absolute atomic E-state index is 0.0793. The number of fused-ring (bicyclic) bond motifs is 1. The van der Waals surface area contributed by atoms with Crippen molar-refractivity contribution in [3.05, 3.63) is 35.2 Å². The number of rotatable bonds is 9. The van der Waals surface area contributed by atoms with Gasteiger partial charge in [0.25, 0.3) is 0 Å². The zero-order chi connectivity index (χ0) is 18.4. The third-order valence-corrected chi connectivity index (χ3v) is 5.41. The van der Waals surface area contributed by atoms with E-state index in [1.54, 1.807) is 7.11 Å². The Morgan fingerprint density at radius 2 is 1.92 bits per heavy atom. The van der Waals surface area contributed by atoms with Crippen LogP contribution >= 0.6 is 27.3 Å². The normalized spacial score (nSPS) is 10.5. The fraction of sp³-hybridized carbons (Fsp3) is 0.333. The van der Waals surface area contributed by atoms with E-state index in [1.807, 2.05) is 18.2 Å². The lowest BCUT2D eigenvalue weighted by atomic mass is 10.1. The van der Waals surface area contributed by atoms with Crippen molar-refractivity contribution >= 4 is 49.1 Å². The molecule has 0 atom stereocenters. The largest absolute Gasteiger partial charge is 0.493 e. The predicted molar refractivity (Wildman–Crippen MR) is 102 cm³/mol. The molecular formula is C18H19BrO5S. The van der Waals surface area contributed by atoms with E-state index in [0.717, 1.165) is 15.7 Å². The molecule has 1 aromatic heterocycles. The van der Waals surface area contributed by atoms with Crippen LogP contribution in [0.4, 0.5) is 0 Å². The standard InChI is InChI=1S/C18H19BrO5S/c1-11(9-19)10-24-15-6-12-7-17(13(20)4-5-18(21)23-3)25-16(12)8-14(15)22-2/h6-8H,1,4-5,9-10H2,2-3H3. The van der Waals surface area contributed by atoms with Crippen molar-refractivity contribution in [2.45, 2.75) is 12.8 Å². The van der Waals surface area contributed by atoms with Gasteiger partial charge in [0.1, 0.15) is 6.61 Å². The molecule has 0 radical (unpaired) electrons. The number of hydrogen-bond donors (Lipinski definition) is 0. The Labute approximate surface area is 158 Å². The summed E-state index contributed by atoms with van der Waals surface area (Å²) in [5, 5.41) is 1.56. The van der Waals surface area contributed by atoms with E-state index >= 15 is 0 Å². The first-order valence-corrected chi connectivity index (χ1v) is 9.49. The zero-order valence-corrected chi connectivity index (χ0v) is 16.5. The third-order valence-electron chi connectivity index (χ3n) is 3.48. The van der Waals surface area contributed by atoms with Crippen LogP contribution in [-0.2, 0) is 9.53 Å². The summed E-state index contributed by atoms with van der Waals surface area (Å²) in [7, 11) is 2.88. The molecule has 0 amide bonds. The van der Waals surface area contributed by atoms with Crippen LogP contribution in [0.25, 0.3) is 10.1 Å². The Balaban J connectivity index is 2.22. The number of methoxy groups -OCH3 is 2. The van der Waals surface area contributed by atoms with Crippen molar-refractivity contribution in [1.82, 2.24) is 0 Å². The summed E-state index contributed by atoms with van der Waals surface area (Å²) < 4.78 is 16.6. The van der Waals surface area contributed by atoms with Gasteiger partial charge in [0.15, 0.2) is 17.3 Å². The van der Waals surface area contributed by atoms with E-state index in [9.17, 15) is 9.59 Å². The molecule has 134 valence electrons. The minimum Gasteiger partial charge on any atom is -0.493 e. The molecule has 0 N–H and O–H groups in total. The quantitative estimate of drug-likeness (QED) is 0.257. The average molecular weight is 427 g/mol. The number of Topliss-reactive ketones (excluding diaryl/α,β-unsaturated/α-hetero) is 1. The van der Waals surface area contributed by atoms with E-state index in [1.165, 1.54) is 18.4 Å². The van der Waals surface area contributed by atoms with E-state index in [4.69, 9.17) is 9.47 Å². The molecule has 7 heteroatoms. The van der Waals surface area contributed by atoms with E-state index in [-0.39, 0.29) is 24.6 Å². The molecule has 0 aliphatic rings. The number of esters is 1. The summed E-state index contributed by atoms with van der Waals surface area (Å²) in [5.74, 6) is 0.730. The van der Waals surface area contributed by atoms with Gasteiger partial charge in [0, 0.05) is 22.5 Å². The van der Waals surface area contributed by atoms with Crippen LogP contribution in [0.2, 0.25) is 0 Å². The fourth-order valence-electron chi connectivity index (χ4n) is 2.12. The lowest BCUT2D eigenvalue weighted by molar-refractivity contribution is -0.140. The van der Waals surface area contributed by atoms with Gasteiger partial charge in [-0.15, -0.1) is 11.3 Å². The Morgan fingerprint density at radius 3 is 2.56 bits per heavy atom. The van der Waals surface area contributed by atoms with Crippen LogP contribution in [0, 0.1) is 0 Å². The predicted octanol–water partition coefficient (Wildman–Crippen LogP) is 4.38. The SMILES string of the molecule is C=C(CBr)COc1cc2cc(C(=O)CCC(=O)OC)sc2cc1OC. The molecule has 0 aliphatic heterocycles. The first-order valence-electron chi connectivity index (χ1n) is 7.55. The summed E-state index contributed by atoms with van der Waals surface area (Å²) in [4.78, 5) is 24.0. The van der Waals surface area contributed by atoms with Gasteiger partial charge in [0.2, 0.25) is 0 Å². The first-order chi connectivity index (χ1) is 12.0. The lowest BCUT2D eigenvalue weighted by Gasteiger charge is -2.11. The molecule has 2 rings (SSSR count). The topological polar surface area (TPSA) is 61.8 Å². The van der Waals surface area contributed by atoms with Gasteiger partial charge >= 0.3 is 5.97 Å². The summed E-state index contributed by atoms with van der Waals surface area (Å²) in [5.41, 5.74) is 0.908.